The van der Waals surface area contributed by atoms with Crippen molar-refractivity contribution in [3.63, 3.8) is 0 Å². The van der Waals surface area contributed by atoms with E-state index in [4.69, 9.17) is 0 Å². The zero-order valence-electron chi connectivity index (χ0n) is 16.4. The molecular formula is C18H29ClN4O4S. The van der Waals surface area contributed by atoms with Crippen molar-refractivity contribution in [3.8, 4) is 0 Å². The monoisotopic (exact) mass is 432 g/mol. The van der Waals surface area contributed by atoms with Crippen molar-refractivity contribution in [1.29, 1.82) is 0 Å². The Morgan fingerprint density at radius 1 is 1.18 bits per heavy atom. The lowest BCUT2D eigenvalue weighted by atomic mass is 9.96. The molecule has 10 heteroatoms. The van der Waals surface area contributed by atoms with Crippen LogP contribution in [0.3, 0.4) is 0 Å². The fraction of sp³-hybridized carbons (Fsp3) is 0.556. The fourth-order valence-corrected chi connectivity index (χ4v) is 4.39. The van der Waals surface area contributed by atoms with Crippen LogP contribution in [0.4, 0.5) is 5.69 Å². The number of amides is 2. The molecule has 0 aliphatic carbocycles. The number of hydrogen-bond acceptors (Lipinski definition) is 5. The van der Waals surface area contributed by atoms with Gasteiger partial charge in [-0.3, -0.25) is 9.59 Å². The van der Waals surface area contributed by atoms with Gasteiger partial charge in [0.05, 0.1) is 10.9 Å². The molecule has 1 saturated heterocycles. The lowest BCUT2D eigenvalue weighted by molar-refractivity contribution is -0.134. The molecule has 1 heterocycles. The number of anilines is 1. The number of likely N-dealkylation sites (tertiary alicyclic amines) is 1. The van der Waals surface area contributed by atoms with Crippen molar-refractivity contribution in [2.45, 2.75) is 37.6 Å². The van der Waals surface area contributed by atoms with Gasteiger partial charge in [0, 0.05) is 25.7 Å². The van der Waals surface area contributed by atoms with E-state index in [0.29, 0.717) is 24.7 Å². The maximum absolute atomic E-state index is 12.6. The van der Waals surface area contributed by atoms with Crippen LogP contribution in [-0.4, -0.2) is 57.9 Å². The Morgan fingerprint density at radius 2 is 1.75 bits per heavy atom. The summed E-state index contributed by atoms with van der Waals surface area (Å²) in [5.74, 6) is 0.103. The first-order valence-corrected chi connectivity index (χ1v) is 10.5. The molecule has 1 aromatic carbocycles. The number of halogens is 1. The van der Waals surface area contributed by atoms with E-state index in [9.17, 15) is 18.0 Å². The van der Waals surface area contributed by atoms with Crippen molar-refractivity contribution >= 4 is 39.9 Å². The Morgan fingerprint density at radius 3 is 2.25 bits per heavy atom. The van der Waals surface area contributed by atoms with E-state index in [1.165, 1.54) is 31.2 Å². The maximum atomic E-state index is 12.6. The van der Waals surface area contributed by atoms with Gasteiger partial charge in [0.1, 0.15) is 0 Å². The van der Waals surface area contributed by atoms with E-state index in [2.05, 4.69) is 15.4 Å². The second-order valence-electron chi connectivity index (χ2n) is 6.87. The highest BCUT2D eigenvalue weighted by atomic mass is 35.5. The van der Waals surface area contributed by atoms with E-state index in [1.54, 1.807) is 11.8 Å². The molecule has 0 radical (unpaired) electrons. The Bertz CT molecular complexity index is 762. The standard InChI is InChI=1S/C18H28N4O4S.ClH/c1-13(18(24)22-10-8-15(9-11-22)12-19-3)21-27(25,26)17-6-4-16(5-7-17)20-14(2)23;/h4-7,13,15,19,21H,8-12H2,1-3H3,(H,20,23);1H. The molecular weight excluding hydrogens is 404 g/mol. The van der Waals surface area contributed by atoms with Crippen LogP contribution in [0.1, 0.15) is 26.7 Å². The molecule has 1 atom stereocenters. The lowest BCUT2D eigenvalue weighted by Gasteiger charge is -2.33. The van der Waals surface area contributed by atoms with E-state index >= 15 is 0 Å². The Kier molecular flexibility index (Phi) is 9.35. The molecule has 1 aromatic rings. The molecule has 1 aliphatic heterocycles. The fourth-order valence-electron chi connectivity index (χ4n) is 3.19. The van der Waals surface area contributed by atoms with Crippen molar-refractivity contribution in [2.24, 2.45) is 5.92 Å². The van der Waals surface area contributed by atoms with Crippen LogP contribution >= 0.6 is 12.4 Å². The van der Waals surface area contributed by atoms with Gasteiger partial charge in [-0.1, -0.05) is 0 Å². The van der Waals surface area contributed by atoms with Crippen molar-refractivity contribution in [2.75, 3.05) is 32.0 Å². The van der Waals surface area contributed by atoms with Gasteiger partial charge in [0.25, 0.3) is 0 Å². The first-order valence-electron chi connectivity index (χ1n) is 9.06. The highest BCUT2D eigenvalue weighted by Crippen LogP contribution is 2.18. The molecule has 0 bridgehead atoms. The zero-order valence-corrected chi connectivity index (χ0v) is 18.0. The number of hydrogen-bond donors (Lipinski definition) is 3. The summed E-state index contributed by atoms with van der Waals surface area (Å²) in [6.45, 7) is 5.15. The third kappa shape index (κ3) is 6.73. The quantitative estimate of drug-likeness (QED) is 0.599. The van der Waals surface area contributed by atoms with Crippen molar-refractivity contribution in [1.82, 2.24) is 14.9 Å². The average molecular weight is 433 g/mol. The van der Waals surface area contributed by atoms with Gasteiger partial charge < -0.3 is 15.5 Å². The van der Waals surface area contributed by atoms with Crippen LogP contribution < -0.4 is 15.4 Å². The molecule has 158 valence electrons. The SMILES string of the molecule is CNCC1CCN(C(=O)C(C)NS(=O)(=O)c2ccc(NC(C)=O)cc2)CC1.Cl. The van der Waals surface area contributed by atoms with Crippen LogP contribution in [-0.2, 0) is 19.6 Å². The molecule has 1 unspecified atom stereocenters. The molecule has 2 amide bonds. The number of sulfonamides is 1. The van der Waals surface area contributed by atoms with Gasteiger partial charge in [0.15, 0.2) is 0 Å². The van der Waals surface area contributed by atoms with Gasteiger partial charge in [0.2, 0.25) is 21.8 Å². The Hall–Kier alpha value is -1.68. The lowest BCUT2D eigenvalue weighted by Crippen LogP contribution is -2.49. The minimum absolute atomic E-state index is 0. The number of piperidine rings is 1. The number of carbonyl (C=O) groups excluding carboxylic acids is 2. The predicted octanol–water partition coefficient (Wildman–Crippen LogP) is 1.19. The Labute approximate surface area is 172 Å². The summed E-state index contributed by atoms with van der Waals surface area (Å²) < 4.78 is 27.5. The Balaban J connectivity index is 0.00000392. The minimum Gasteiger partial charge on any atom is -0.341 e. The highest BCUT2D eigenvalue weighted by molar-refractivity contribution is 7.89. The molecule has 3 N–H and O–H groups in total. The number of carbonyl (C=O) groups is 2. The van der Waals surface area contributed by atoms with Crippen molar-refractivity contribution in [3.05, 3.63) is 24.3 Å². The molecule has 0 saturated carbocycles. The molecule has 0 spiro atoms. The summed E-state index contributed by atoms with van der Waals surface area (Å²) in [7, 11) is -1.91. The van der Waals surface area contributed by atoms with Crippen LogP contribution in [0, 0.1) is 5.92 Å². The first-order chi connectivity index (χ1) is 12.7. The van der Waals surface area contributed by atoms with E-state index in [1.807, 2.05) is 7.05 Å². The normalized spacial score (nSPS) is 16.2. The summed E-state index contributed by atoms with van der Waals surface area (Å²) in [5.41, 5.74) is 0.509. The van der Waals surface area contributed by atoms with E-state index < -0.39 is 16.1 Å². The summed E-state index contributed by atoms with van der Waals surface area (Å²) in [5, 5.41) is 5.73. The van der Waals surface area contributed by atoms with Crippen LogP contribution in [0.5, 0.6) is 0 Å². The number of benzene rings is 1. The number of nitrogens with zero attached hydrogens (tertiary/aromatic N) is 1. The summed E-state index contributed by atoms with van der Waals surface area (Å²) in [6.07, 6.45) is 1.83. The molecule has 2 rings (SSSR count). The van der Waals surface area contributed by atoms with Crippen molar-refractivity contribution < 1.29 is 18.0 Å². The highest BCUT2D eigenvalue weighted by Gasteiger charge is 2.28. The predicted molar refractivity (Wildman–Crippen MR) is 111 cm³/mol. The number of nitrogens with one attached hydrogen (secondary N) is 3. The first kappa shape index (κ1) is 24.4. The topological polar surface area (TPSA) is 108 Å². The van der Waals surface area contributed by atoms with Gasteiger partial charge in [-0.2, -0.15) is 4.72 Å². The maximum Gasteiger partial charge on any atom is 0.241 e. The van der Waals surface area contributed by atoms with Gasteiger partial charge in [-0.15, -0.1) is 12.4 Å². The third-order valence-corrected chi connectivity index (χ3v) is 6.16. The molecule has 0 aromatic heterocycles. The van der Waals surface area contributed by atoms with Crippen LogP contribution in [0.25, 0.3) is 0 Å². The van der Waals surface area contributed by atoms with E-state index in [0.717, 1.165) is 19.4 Å². The summed E-state index contributed by atoms with van der Waals surface area (Å²) in [6, 6.07) is 4.97. The van der Waals surface area contributed by atoms with E-state index in [-0.39, 0.29) is 29.1 Å². The van der Waals surface area contributed by atoms with Gasteiger partial charge >= 0.3 is 0 Å². The van der Waals surface area contributed by atoms with Crippen LogP contribution in [0.2, 0.25) is 0 Å². The summed E-state index contributed by atoms with van der Waals surface area (Å²) >= 11 is 0. The summed E-state index contributed by atoms with van der Waals surface area (Å²) in [4.78, 5) is 25.4. The molecule has 1 fully saturated rings. The second-order valence-corrected chi connectivity index (χ2v) is 8.59. The average Bonchev–Trinajstić information content (AvgIpc) is 2.61. The molecule has 8 nitrogen and oxygen atoms in total. The number of rotatable bonds is 7. The molecule has 1 aliphatic rings. The second kappa shape index (κ2) is 10.8. The largest absolute Gasteiger partial charge is 0.341 e. The third-order valence-electron chi connectivity index (χ3n) is 4.61. The molecule has 28 heavy (non-hydrogen) atoms. The van der Waals surface area contributed by atoms with Gasteiger partial charge in [-0.05, 0) is 63.5 Å². The zero-order chi connectivity index (χ0) is 20.0. The van der Waals surface area contributed by atoms with Crippen LogP contribution in [0.15, 0.2) is 29.2 Å². The minimum atomic E-state index is -3.83. The smallest absolute Gasteiger partial charge is 0.241 e. The van der Waals surface area contributed by atoms with Gasteiger partial charge in [-0.25, -0.2) is 8.42 Å².